The van der Waals surface area contributed by atoms with Crippen molar-refractivity contribution >= 4 is 5.96 Å². The number of hydrogen-bond acceptors (Lipinski definition) is 2. The Morgan fingerprint density at radius 2 is 2.11 bits per heavy atom. The Morgan fingerprint density at radius 1 is 1.32 bits per heavy atom. The molecule has 0 aromatic carbocycles. The summed E-state index contributed by atoms with van der Waals surface area (Å²) in [4.78, 5) is 4.24. The van der Waals surface area contributed by atoms with Crippen LogP contribution in [0.1, 0.15) is 39.4 Å². The summed E-state index contributed by atoms with van der Waals surface area (Å²) < 4.78 is 5.29. The fraction of sp³-hybridized carbons (Fsp3) is 0.667. The van der Waals surface area contributed by atoms with Crippen molar-refractivity contribution in [2.45, 2.75) is 46.1 Å². The van der Waals surface area contributed by atoms with E-state index in [-0.39, 0.29) is 0 Å². The van der Waals surface area contributed by atoms with Gasteiger partial charge in [-0.15, -0.1) is 0 Å². The number of nitrogens with one attached hydrogen (secondary N) is 2. The predicted molar refractivity (Wildman–Crippen MR) is 80.4 cm³/mol. The van der Waals surface area contributed by atoms with Gasteiger partial charge in [-0.1, -0.05) is 13.8 Å². The molecule has 4 heteroatoms. The maximum absolute atomic E-state index is 5.29. The summed E-state index contributed by atoms with van der Waals surface area (Å²) in [5.41, 5.74) is 0. The molecule has 0 amide bonds. The first-order valence-corrected chi connectivity index (χ1v) is 7.11. The highest BCUT2D eigenvalue weighted by atomic mass is 16.3. The average molecular weight is 265 g/mol. The molecule has 0 saturated heterocycles. The Kier molecular flexibility index (Phi) is 7.08. The summed E-state index contributed by atoms with van der Waals surface area (Å²) in [6, 6.07) is 4.34. The monoisotopic (exact) mass is 265 g/mol. The molecule has 1 unspecified atom stereocenters. The highest BCUT2D eigenvalue weighted by Gasteiger charge is 2.06. The Balaban J connectivity index is 2.22. The molecule has 108 valence electrons. The highest BCUT2D eigenvalue weighted by molar-refractivity contribution is 5.79. The zero-order valence-corrected chi connectivity index (χ0v) is 12.6. The standard InChI is InChI=1S/C15H27N3O/c1-12(2)7-8-13(3)18-15(16-4)17-10-9-14-6-5-11-19-14/h5-6,11-13H,7-10H2,1-4H3,(H2,16,17,18). The van der Waals surface area contributed by atoms with E-state index in [1.54, 1.807) is 13.3 Å². The van der Waals surface area contributed by atoms with Crippen LogP contribution in [0.4, 0.5) is 0 Å². The SMILES string of the molecule is CN=C(NCCc1ccco1)NC(C)CCC(C)C. The molecule has 1 rings (SSSR count). The summed E-state index contributed by atoms with van der Waals surface area (Å²) >= 11 is 0. The number of aliphatic imine (C=N–C) groups is 1. The molecular formula is C15H27N3O. The van der Waals surface area contributed by atoms with Gasteiger partial charge in [0, 0.05) is 26.1 Å². The fourth-order valence-electron chi connectivity index (χ4n) is 1.84. The molecule has 0 saturated carbocycles. The van der Waals surface area contributed by atoms with Gasteiger partial charge in [-0.2, -0.15) is 0 Å². The van der Waals surface area contributed by atoms with E-state index in [0.29, 0.717) is 6.04 Å². The molecule has 1 heterocycles. The third-order valence-corrected chi connectivity index (χ3v) is 3.03. The minimum Gasteiger partial charge on any atom is -0.469 e. The lowest BCUT2D eigenvalue weighted by atomic mass is 10.0. The van der Waals surface area contributed by atoms with Gasteiger partial charge in [-0.25, -0.2) is 0 Å². The Bertz CT molecular complexity index is 357. The third-order valence-electron chi connectivity index (χ3n) is 3.03. The van der Waals surface area contributed by atoms with Crippen molar-refractivity contribution in [2.24, 2.45) is 10.9 Å². The topological polar surface area (TPSA) is 49.6 Å². The normalized spacial score (nSPS) is 13.6. The lowest BCUT2D eigenvalue weighted by Crippen LogP contribution is -2.42. The molecular weight excluding hydrogens is 238 g/mol. The Labute approximate surface area is 116 Å². The summed E-state index contributed by atoms with van der Waals surface area (Å²) in [6.45, 7) is 7.53. The average Bonchev–Trinajstić information content (AvgIpc) is 2.88. The summed E-state index contributed by atoms with van der Waals surface area (Å²) in [5.74, 6) is 2.61. The van der Waals surface area contributed by atoms with E-state index >= 15 is 0 Å². The van der Waals surface area contributed by atoms with Gasteiger partial charge < -0.3 is 15.1 Å². The molecule has 4 nitrogen and oxygen atoms in total. The number of hydrogen-bond donors (Lipinski definition) is 2. The lowest BCUT2D eigenvalue weighted by molar-refractivity contribution is 0.486. The maximum Gasteiger partial charge on any atom is 0.191 e. The molecule has 0 bridgehead atoms. The molecule has 2 N–H and O–H groups in total. The van der Waals surface area contributed by atoms with E-state index in [9.17, 15) is 0 Å². The van der Waals surface area contributed by atoms with Crippen molar-refractivity contribution in [3.63, 3.8) is 0 Å². The summed E-state index contributed by atoms with van der Waals surface area (Å²) in [5, 5.41) is 6.72. The minimum absolute atomic E-state index is 0.442. The van der Waals surface area contributed by atoms with Gasteiger partial charge in [0.05, 0.1) is 6.26 Å². The second-order valence-electron chi connectivity index (χ2n) is 5.34. The van der Waals surface area contributed by atoms with Crippen LogP contribution in [0, 0.1) is 5.92 Å². The van der Waals surface area contributed by atoms with Crippen LogP contribution >= 0.6 is 0 Å². The van der Waals surface area contributed by atoms with Crippen LogP contribution in [0.5, 0.6) is 0 Å². The van der Waals surface area contributed by atoms with E-state index in [1.165, 1.54) is 6.42 Å². The van der Waals surface area contributed by atoms with Crippen LogP contribution in [0.3, 0.4) is 0 Å². The molecule has 0 fully saturated rings. The zero-order chi connectivity index (χ0) is 14.1. The first kappa shape index (κ1) is 15.6. The molecule has 0 aliphatic rings. The number of guanidine groups is 1. The molecule has 0 spiro atoms. The summed E-state index contributed by atoms with van der Waals surface area (Å²) in [7, 11) is 1.80. The Morgan fingerprint density at radius 3 is 2.68 bits per heavy atom. The Hall–Kier alpha value is -1.45. The maximum atomic E-state index is 5.29. The first-order chi connectivity index (χ1) is 9.11. The molecule has 0 radical (unpaired) electrons. The van der Waals surface area contributed by atoms with Crippen molar-refractivity contribution in [1.29, 1.82) is 0 Å². The quantitative estimate of drug-likeness (QED) is 0.589. The van der Waals surface area contributed by atoms with Crippen LogP contribution < -0.4 is 10.6 Å². The van der Waals surface area contributed by atoms with Crippen LogP contribution in [0.15, 0.2) is 27.8 Å². The molecule has 0 aliphatic heterocycles. The number of nitrogens with zero attached hydrogens (tertiary/aromatic N) is 1. The third kappa shape index (κ3) is 6.89. The van der Waals surface area contributed by atoms with Gasteiger partial charge in [-0.3, -0.25) is 4.99 Å². The van der Waals surface area contributed by atoms with Gasteiger partial charge >= 0.3 is 0 Å². The van der Waals surface area contributed by atoms with Gasteiger partial charge in [0.25, 0.3) is 0 Å². The minimum atomic E-state index is 0.442. The first-order valence-electron chi connectivity index (χ1n) is 7.11. The lowest BCUT2D eigenvalue weighted by Gasteiger charge is -2.18. The van der Waals surface area contributed by atoms with Gasteiger partial charge in [0.1, 0.15) is 5.76 Å². The van der Waals surface area contributed by atoms with Crippen molar-refractivity contribution < 1.29 is 4.42 Å². The predicted octanol–water partition coefficient (Wildman–Crippen LogP) is 2.81. The zero-order valence-electron chi connectivity index (χ0n) is 12.6. The van der Waals surface area contributed by atoms with Gasteiger partial charge in [0.15, 0.2) is 5.96 Å². The number of rotatable bonds is 7. The molecule has 1 aromatic rings. The van der Waals surface area contributed by atoms with Crippen molar-refractivity contribution in [2.75, 3.05) is 13.6 Å². The van der Waals surface area contributed by atoms with Crippen LogP contribution in [-0.2, 0) is 6.42 Å². The van der Waals surface area contributed by atoms with E-state index < -0.39 is 0 Å². The summed E-state index contributed by atoms with van der Waals surface area (Å²) in [6.07, 6.45) is 4.97. The van der Waals surface area contributed by atoms with Crippen LogP contribution in [-0.4, -0.2) is 25.6 Å². The van der Waals surface area contributed by atoms with Gasteiger partial charge in [-0.05, 0) is 37.8 Å². The van der Waals surface area contributed by atoms with Crippen LogP contribution in [0.2, 0.25) is 0 Å². The van der Waals surface area contributed by atoms with Crippen molar-refractivity contribution in [3.8, 4) is 0 Å². The smallest absolute Gasteiger partial charge is 0.191 e. The second-order valence-corrected chi connectivity index (χ2v) is 5.34. The second kappa shape index (κ2) is 8.62. The number of furan rings is 1. The van der Waals surface area contributed by atoms with Crippen molar-refractivity contribution in [1.82, 2.24) is 10.6 Å². The van der Waals surface area contributed by atoms with Gasteiger partial charge in [0.2, 0.25) is 0 Å². The van der Waals surface area contributed by atoms with Crippen molar-refractivity contribution in [3.05, 3.63) is 24.2 Å². The molecule has 1 aromatic heterocycles. The van der Waals surface area contributed by atoms with E-state index in [1.807, 2.05) is 12.1 Å². The van der Waals surface area contributed by atoms with E-state index in [0.717, 1.165) is 37.0 Å². The van der Waals surface area contributed by atoms with E-state index in [2.05, 4.69) is 36.4 Å². The molecule has 19 heavy (non-hydrogen) atoms. The fourth-order valence-corrected chi connectivity index (χ4v) is 1.84. The molecule has 1 atom stereocenters. The van der Waals surface area contributed by atoms with Crippen LogP contribution in [0.25, 0.3) is 0 Å². The largest absolute Gasteiger partial charge is 0.469 e. The molecule has 0 aliphatic carbocycles. The highest BCUT2D eigenvalue weighted by Crippen LogP contribution is 2.06. The van der Waals surface area contributed by atoms with E-state index in [4.69, 9.17) is 4.42 Å².